The predicted octanol–water partition coefficient (Wildman–Crippen LogP) is 7.55. The second-order valence-electron chi connectivity index (χ2n) is 11.6. The van der Waals surface area contributed by atoms with Gasteiger partial charge in [0.1, 0.15) is 23.4 Å². The van der Waals surface area contributed by atoms with Crippen LogP contribution in [0.3, 0.4) is 0 Å². The maximum absolute atomic E-state index is 15.4. The van der Waals surface area contributed by atoms with Crippen LogP contribution in [0.4, 0.5) is 20.2 Å². The topological polar surface area (TPSA) is 85.0 Å². The molecule has 8 nitrogen and oxygen atoms in total. The fourth-order valence-corrected chi connectivity index (χ4v) is 5.85. The molecule has 244 valence electrons. The number of hydrogen-bond donors (Lipinski definition) is 2. The summed E-state index contributed by atoms with van der Waals surface area (Å²) in [6.45, 7) is 12.0. The number of carbonyl (C=O) groups is 1. The minimum absolute atomic E-state index is 0.00860. The summed E-state index contributed by atoms with van der Waals surface area (Å²) in [6.07, 6.45) is 6.69. The summed E-state index contributed by atoms with van der Waals surface area (Å²) in [5.41, 5.74) is 2.08. The molecular weight excluding hydrogens is 590 g/mol. The molecule has 1 aromatic heterocycles. The van der Waals surface area contributed by atoms with Gasteiger partial charge in [0.05, 0.1) is 18.2 Å². The third kappa shape index (κ3) is 7.40. The van der Waals surface area contributed by atoms with Crippen molar-refractivity contribution in [1.29, 1.82) is 0 Å². The van der Waals surface area contributed by atoms with Gasteiger partial charge in [0, 0.05) is 54.5 Å². The molecule has 0 spiro atoms. The number of anilines is 2. The summed E-state index contributed by atoms with van der Waals surface area (Å²) in [5, 5.41) is 5.98. The van der Waals surface area contributed by atoms with Gasteiger partial charge in [0.15, 0.2) is 11.6 Å². The number of hydrogen-bond acceptors (Lipinski definition) is 7. The summed E-state index contributed by atoms with van der Waals surface area (Å²) >= 11 is 0. The maximum atomic E-state index is 15.4. The van der Waals surface area contributed by atoms with Crippen molar-refractivity contribution in [3.63, 3.8) is 0 Å². The van der Waals surface area contributed by atoms with Gasteiger partial charge in [0.25, 0.3) is 0 Å². The van der Waals surface area contributed by atoms with Crippen LogP contribution in [0.15, 0.2) is 72.8 Å². The molecule has 10 heteroatoms. The van der Waals surface area contributed by atoms with Gasteiger partial charge in [-0.3, -0.25) is 9.78 Å². The normalized spacial score (nSPS) is 16.6. The van der Waals surface area contributed by atoms with Gasteiger partial charge < -0.3 is 29.7 Å². The first-order valence-corrected chi connectivity index (χ1v) is 15.8. The van der Waals surface area contributed by atoms with Crippen LogP contribution in [0.25, 0.3) is 6.08 Å². The highest BCUT2D eigenvalue weighted by atomic mass is 19.1. The molecule has 0 saturated heterocycles. The van der Waals surface area contributed by atoms with E-state index in [-0.39, 0.29) is 23.6 Å². The summed E-state index contributed by atoms with van der Waals surface area (Å²) < 4.78 is 46.5. The van der Waals surface area contributed by atoms with Crippen molar-refractivity contribution in [2.45, 2.75) is 52.1 Å². The van der Waals surface area contributed by atoms with Gasteiger partial charge in [0.2, 0.25) is 5.91 Å². The Kier molecular flexibility index (Phi) is 10.7. The van der Waals surface area contributed by atoms with Gasteiger partial charge in [-0.15, -0.1) is 0 Å². The lowest BCUT2D eigenvalue weighted by Gasteiger charge is -2.42. The Morgan fingerprint density at radius 2 is 1.78 bits per heavy atom. The number of benzene rings is 2. The highest BCUT2D eigenvalue weighted by Gasteiger charge is 2.47. The van der Waals surface area contributed by atoms with E-state index in [1.165, 1.54) is 24.3 Å². The predicted molar refractivity (Wildman–Crippen MR) is 176 cm³/mol. The number of fused-ring (bicyclic) bond motifs is 1. The highest BCUT2D eigenvalue weighted by molar-refractivity contribution is 5.98. The van der Waals surface area contributed by atoms with Crippen molar-refractivity contribution in [2.75, 3.05) is 44.0 Å². The third-order valence-corrected chi connectivity index (χ3v) is 8.85. The molecule has 2 aliphatic carbocycles. The molecule has 0 aliphatic heterocycles. The van der Waals surface area contributed by atoms with Gasteiger partial charge in [-0.1, -0.05) is 26.8 Å². The molecule has 1 unspecified atom stereocenters. The molecule has 1 fully saturated rings. The van der Waals surface area contributed by atoms with E-state index >= 15 is 4.39 Å². The largest absolute Gasteiger partial charge is 0.498 e. The smallest absolute Gasteiger partial charge is 0.236 e. The number of amides is 1. The summed E-state index contributed by atoms with van der Waals surface area (Å²) in [6, 6.07) is 11.9. The second-order valence-corrected chi connectivity index (χ2v) is 11.6. The number of rotatable bonds is 15. The Bertz CT molecular complexity index is 1570. The minimum atomic E-state index is -0.853. The summed E-state index contributed by atoms with van der Waals surface area (Å²) in [5.74, 6) is -0.155. The molecule has 1 amide bonds. The Balaban J connectivity index is 1.23. The van der Waals surface area contributed by atoms with E-state index in [1.54, 1.807) is 37.6 Å². The average molecular weight is 633 g/mol. The molecule has 46 heavy (non-hydrogen) atoms. The number of carbonyl (C=O) groups excluding carboxylic acids is 1. The lowest BCUT2D eigenvalue weighted by Crippen LogP contribution is -2.45. The second kappa shape index (κ2) is 14.9. The molecular formula is C36H42F2N4O4. The fourth-order valence-electron chi connectivity index (χ4n) is 5.85. The maximum Gasteiger partial charge on any atom is 0.236 e. The minimum Gasteiger partial charge on any atom is -0.498 e. The van der Waals surface area contributed by atoms with Crippen LogP contribution in [-0.2, 0) is 20.7 Å². The Labute approximate surface area is 269 Å². The first-order chi connectivity index (χ1) is 22.3. The van der Waals surface area contributed by atoms with Crippen LogP contribution < -0.4 is 15.4 Å². The summed E-state index contributed by atoms with van der Waals surface area (Å²) in [4.78, 5) is 20.3. The summed E-state index contributed by atoms with van der Waals surface area (Å²) in [7, 11) is 1.61. The van der Waals surface area contributed by atoms with Crippen molar-refractivity contribution < 1.29 is 27.8 Å². The Morgan fingerprint density at radius 1 is 1.04 bits per heavy atom. The highest BCUT2D eigenvalue weighted by Crippen LogP contribution is 2.47. The zero-order valence-corrected chi connectivity index (χ0v) is 26.7. The van der Waals surface area contributed by atoms with Gasteiger partial charge in [-0.25, -0.2) is 8.78 Å². The van der Waals surface area contributed by atoms with E-state index in [9.17, 15) is 9.18 Å². The van der Waals surface area contributed by atoms with Crippen LogP contribution in [0, 0.1) is 17.0 Å². The van der Waals surface area contributed by atoms with E-state index in [0.717, 1.165) is 38.2 Å². The van der Waals surface area contributed by atoms with Crippen LogP contribution in [-0.4, -0.2) is 55.2 Å². The van der Waals surface area contributed by atoms with Gasteiger partial charge in [-0.05, 0) is 80.9 Å². The van der Waals surface area contributed by atoms with Crippen molar-refractivity contribution in [2.24, 2.45) is 5.41 Å². The van der Waals surface area contributed by atoms with E-state index in [1.807, 2.05) is 6.08 Å². The molecule has 1 saturated carbocycles. The molecule has 0 bridgehead atoms. The molecule has 3 aromatic rings. The molecule has 1 heterocycles. The number of nitrogens with one attached hydrogen (secondary N) is 2. The van der Waals surface area contributed by atoms with Crippen molar-refractivity contribution in [3.8, 4) is 11.5 Å². The van der Waals surface area contributed by atoms with Gasteiger partial charge >= 0.3 is 0 Å². The van der Waals surface area contributed by atoms with Crippen LogP contribution in [0.5, 0.6) is 11.5 Å². The van der Waals surface area contributed by atoms with Crippen LogP contribution in [0.1, 0.15) is 50.8 Å². The fraction of sp³-hybridized carbons (Fsp3) is 0.389. The average Bonchev–Trinajstić information content (AvgIpc) is 3.02. The monoisotopic (exact) mass is 632 g/mol. The molecule has 2 aromatic carbocycles. The Hall–Kier alpha value is -4.28. The lowest BCUT2D eigenvalue weighted by atomic mass is 9.66. The van der Waals surface area contributed by atoms with Crippen molar-refractivity contribution >= 4 is 23.4 Å². The quantitative estimate of drug-likeness (QED) is 0.167. The molecule has 1 atom stereocenters. The number of ether oxygens (including phenoxy) is 3. The number of nitrogens with zero attached hydrogens (tertiary/aromatic N) is 2. The molecule has 5 rings (SSSR count). The van der Waals surface area contributed by atoms with Crippen molar-refractivity contribution in [1.82, 2.24) is 9.88 Å². The van der Waals surface area contributed by atoms with Crippen molar-refractivity contribution in [3.05, 3.63) is 95.7 Å². The van der Waals surface area contributed by atoms with E-state index in [4.69, 9.17) is 14.2 Å². The molecule has 0 radical (unpaired) electrons. The van der Waals surface area contributed by atoms with Gasteiger partial charge in [-0.2, -0.15) is 0 Å². The molecule has 2 N–H and O–H groups in total. The zero-order chi connectivity index (χ0) is 32.7. The first-order valence-electron chi connectivity index (χ1n) is 15.8. The van der Waals surface area contributed by atoms with Crippen LogP contribution >= 0.6 is 0 Å². The van der Waals surface area contributed by atoms with E-state index in [0.29, 0.717) is 60.0 Å². The Morgan fingerprint density at radius 3 is 2.43 bits per heavy atom. The third-order valence-electron chi connectivity index (χ3n) is 8.85. The number of pyridine rings is 1. The standard InChI is InChI=1S/C36H42F2N4O4/c1-5-42(6-2)19-8-20-45-34-23-30-28(22-33(34)44-4)31(15-18-39-30)46-32-14-13-27(21-29(32)38)41-35(43)36(16-7-17-36)24(3)40-26-11-9-25(37)10-12-26/h9-15,18,21-22,34,40H,3,5-8,16-17,19-20,23H2,1-2,4H3,(H,41,43). The zero-order valence-electron chi connectivity index (χ0n) is 26.7. The number of methoxy groups -OCH3 is 1. The number of halogens is 2. The van der Waals surface area contributed by atoms with E-state index in [2.05, 4.69) is 40.9 Å². The SMILES string of the molecule is C=C(Nc1ccc(F)cc1)C1(C(=O)Nc2ccc(Oc3ccnc4c3C=C(OC)C(OCCCN(CC)CC)C4)c(F)c2)CCC1. The molecule has 2 aliphatic rings. The lowest BCUT2D eigenvalue weighted by molar-refractivity contribution is -0.127. The van der Waals surface area contributed by atoms with E-state index < -0.39 is 11.2 Å². The van der Waals surface area contributed by atoms with Crippen LogP contribution in [0.2, 0.25) is 0 Å². The number of aromatic nitrogens is 1. The first kappa shape index (κ1) is 33.1.